The zero-order valence-electron chi connectivity index (χ0n) is 23.3. The summed E-state index contributed by atoms with van der Waals surface area (Å²) in [7, 11) is 4.94. The van der Waals surface area contributed by atoms with Gasteiger partial charge in [0, 0.05) is 25.2 Å². The van der Waals surface area contributed by atoms with Gasteiger partial charge in [-0.25, -0.2) is 14.2 Å². The number of rotatable bonds is 11. The van der Waals surface area contributed by atoms with Crippen LogP contribution < -0.4 is 25.6 Å². The van der Waals surface area contributed by atoms with Crippen molar-refractivity contribution >= 4 is 35.0 Å². The number of aromatic nitrogens is 2. The molecule has 224 valence electrons. The molecule has 1 aromatic carbocycles. The Balaban J connectivity index is 1.61. The maximum atomic E-state index is 15.2. The third-order valence-corrected chi connectivity index (χ3v) is 7.59. The van der Waals surface area contributed by atoms with E-state index in [-0.39, 0.29) is 40.9 Å². The van der Waals surface area contributed by atoms with Crippen LogP contribution in [0.25, 0.3) is 0 Å². The standard InChI is InChI=1S/C27H36F3N7O4/c1-31-21-14-32-26(35-23(21)37(17-6-4-5-7-17)15-27(29,30)25(39)40)34-20-13-19(28)18(12-22(20)41-3)24(38)33-16-8-10-36(2)11-9-16/h12-14,16-17,31H,4-11,15H2,1-3H3,(H,33,38)(H,39,40)(H,32,34,35). The first kappa shape index (κ1) is 30.2. The Morgan fingerprint density at radius 1 is 1.17 bits per heavy atom. The number of amides is 1. The average Bonchev–Trinajstić information content (AvgIpc) is 3.48. The van der Waals surface area contributed by atoms with Gasteiger partial charge in [0.05, 0.1) is 36.8 Å². The molecular formula is C27H36F3N7O4. The van der Waals surface area contributed by atoms with Gasteiger partial charge < -0.3 is 35.6 Å². The number of likely N-dealkylation sites (tertiary alicyclic amines) is 1. The van der Waals surface area contributed by atoms with E-state index in [2.05, 4.69) is 30.8 Å². The van der Waals surface area contributed by atoms with Crippen molar-refractivity contribution < 1.29 is 32.6 Å². The summed E-state index contributed by atoms with van der Waals surface area (Å²) in [6.07, 6.45) is 5.74. The van der Waals surface area contributed by atoms with Crippen molar-refractivity contribution in [2.24, 2.45) is 0 Å². The molecule has 2 heterocycles. The van der Waals surface area contributed by atoms with E-state index in [1.54, 1.807) is 7.05 Å². The van der Waals surface area contributed by atoms with Crippen LogP contribution in [0.1, 0.15) is 48.9 Å². The molecule has 2 fully saturated rings. The lowest BCUT2D eigenvalue weighted by Crippen LogP contribution is -2.47. The minimum atomic E-state index is -4.01. The molecular weight excluding hydrogens is 543 g/mol. The number of carboxylic acid groups (broad SMARTS) is 1. The molecule has 1 aliphatic heterocycles. The Kier molecular flexibility index (Phi) is 9.41. The third-order valence-electron chi connectivity index (χ3n) is 7.59. The number of benzene rings is 1. The number of aliphatic carboxylic acids is 1. The molecule has 4 N–H and O–H groups in total. The highest BCUT2D eigenvalue weighted by atomic mass is 19.3. The van der Waals surface area contributed by atoms with Gasteiger partial charge in [-0.2, -0.15) is 13.8 Å². The summed E-state index contributed by atoms with van der Waals surface area (Å²) in [6.45, 7) is 0.595. The number of nitrogens with one attached hydrogen (secondary N) is 3. The van der Waals surface area contributed by atoms with Crippen molar-refractivity contribution in [1.29, 1.82) is 0 Å². The van der Waals surface area contributed by atoms with Crippen molar-refractivity contribution in [2.45, 2.75) is 56.5 Å². The van der Waals surface area contributed by atoms with Crippen LogP contribution in [0, 0.1) is 5.82 Å². The fourth-order valence-electron chi connectivity index (χ4n) is 5.23. The van der Waals surface area contributed by atoms with E-state index < -0.39 is 30.2 Å². The number of hydrogen-bond donors (Lipinski definition) is 4. The second-order valence-corrected chi connectivity index (χ2v) is 10.5. The van der Waals surface area contributed by atoms with Gasteiger partial charge in [-0.15, -0.1) is 0 Å². The van der Waals surface area contributed by atoms with Crippen LogP contribution in [-0.4, -0.2) is 90.7 Å². The first-order valence-corrected chi connectivity index (χ1v) is 13.6. The zero-order chi connectivity index (χ0) is 29.7. The summed E-state index contributed by atoms with van der Waals surface area (Å²) in [5.41, 5.74) is 0.261. The number of ether oxygens (including phenoxy) is 1. The molecule has 0 bridgehead atoms. The molecule has 11 nitrogen and oxygen atoms in total. The first-order valence-electron chi connectivity index (χ1n) is 13.6. The van der Waals surface area contributed by atoms with Crippen molar-refractivity contribution in [3.63, 3.8) is 0 Å². The Morgan fingerprint density at radius 3 is 2.46 bits per heavy atom. The van der Waals surface area contributed by atoms with E-state index in [1.165, 1.54) is 24.3 Å². The van der Waals surface area contributed by atoms with Gasteiger partial charge in [-0.05, 0) is 51.9 Å². The summed E-state index contributed by atoms with van der Waals surface area (Å²) in [6, 6.07) is 1.97. The summed E-state index contributed by atoms with van der Waals surface area (Å²) in [4.78, 5) is 36.2. The number of halogens is 3. The van der Waals surface area contributed by atoms with Crippen LogP contribution in [0.15, 0.2) is 18.3 Å². The normalized spacial score (nSPS) is 16.8. The van der Waals surface area contributed by atoms with Gasteiger partial charge in [0.2, 0.25) is 5.95 Å². The molecule has 2 aliphatic rings. The summed E-state index contributed by atoms with van der Waals surface area (Å²) < 4.78 is 49.4. The smallest absolute Gasteiger partial charge is 0.376 e. The quantitative estimate of drug-likeness (QED) is 0.313. The fraction of sp³-hybridized carbons (Fsp3) is 0.556. The largest absolute Gasteiger partial charge is 0.495 e. The second-order valence-electron chi connectivity index (χ2n) is 10.5. The van der Waals surface area contributed by atoms with Gasteiger partial charge >= 0.3 is 11.9 Å². The molecule has 1 amide bonds. The van der Waals surface area contributed by atoms with Crippen LogP contribution >= 0.6 is 0 Å². The predicted molar refractivity (Wildman–Crippen MR) is 148 cm³/mol. The Morgan fingerprint density at radius 2 is 1.85 bits per heavy atom. The van der Waals surface area contributed by atoms with E-state index in [0.717, 1.165) is 44.8 Å². The van der Waals surface area contributed by atoms with Crippen LogP contribution in [-0.2, 0) is 4.79 Å². The number of hydrogen-bond acceptors (Lipinski definition) is 9. The highest BCUT2D eigenvalue weighted by Gasteiger charge is 2.43. The van der Waals surface area contributed by atoms with E-state index in [0.29, 0.717) is 18.5 Å². The molecule has 14 heteroatoms. The van der Waals surface area contributed by atoms with Gasteiger partial charge in [-0.1, -0.05) is 12.8 Å². The molecule has 1 aliphatic carbocycles. The summed E-state index contributed by atoms with van der Waals surface area (Å²) >= 11 is 0. The van der Waals surface area contributed by atoms with Crippen molar-refractivity contribution in [3.05, 3.63) is 29.7 Å². The van der Waals surface area contributed by atoms with Gasteiger partial charge in [0.1, 0.15) is 11.6 Å². The van der Waals surface area contributed by atoms with Crippen molar-refractivity contribution in [2.75, 3.05) is 56.4 Å². The average molecular weight is 580 g/mol. The molecule has 4 rings (SSSR count). The van der Waals surface area contributed by atoms with Crippen molar-refractivity contribution in [3.8, 4) is 5.75 Å². The fourth-order valence-corrected chi connectivity index (χ4v) is 5.23. The number of methoxy groups -OCH3 is 1. The number of carbonyl (C=O) groups is 2. The van der Waals surface area contributed by atoms with E-state index in [9.17, 15) is 18.4 Å². The maximum absolute atomic E-state index is 15.2. The lowest BCUT2D eigenvalue weighted by molar-refractivity contribution is -0.163. The van der Waals surface area contributed by atoms with Gasteiger partial charge in [0.15, 0.2) is 5.82 Å². The monoisotopic (exact) mass is 579 g/mol. The lowest BCUT2D eigenvalue weighted by Gasteiger charge is -2.33. The number of alkyl halides is 2. The molecule has 0 radical (unpaired) electrons. The minimum absolute atomic E-state index is 0.0538. The van der Waals surface area contributed by atoms with Crippen LogP contribution in [0.3, 0.4) is 0 Å². The maximum Gasteiger partial charge on any atom is 0.376 e. The minimum Gasteiger partial charge on any atom is -0.495 e. The molecule has 0 atom stereocenters. The van der Waals surface area contributed by atoms with Crippen LogP contribution in [0.4, 0.5) is 36.3 Å². The van der Waals surface area contributed by atoms with Crippen LogP contribution in [0.5, 0.6) is 5.75 Å². The highest BCUT2D eigenvalue weighted by Crippen LogP contribution is 2.36. The van der Waals surface area contributed by atoms with Crippen molar-refractivity contribution in [1.82, 2.24) is 20.2 Å². The Bertz CT molecular complexity index is 1250. The number of nitrogens with zero attached hydrogens (tertiary/aromatic N) is 4. The van der Waals surface area contributed by atoms with Gasteiger partial charge in [-0.3, -0.25) is 4.79 Å². The Labute approximate surface area is 236 Å². The number of anilines is 4. The molecule has 0 unspecified atom stereocenters. The molecule has 0 spiro atoms. The Hall–Kier alpha value is -3.81. The first-order chi connectivity index (χ1) is 19.5. The summed E-state index contributed by atoms with van der Waals surface area (Å²) in [5.74, 6) is -7.40. The molecule has 1 saturated carbocycles. The molecule has 1 saturated heterocycles. The van der Waals surface area contributed by atoms with Crippen LogP contribution in [0.2, 0.25) is 0 Å². The number of piperidine rings is 1. The van der Waals surface area contributed by atoms with E-state index in [4.69, 9.17) is 9.84 Å². The molecule has 1 aromatic heterocycles. The molecule has 2 aromatic rings. The van der Waals surface area contributed by atoms with E-state index >= 15 is 4.39 Å². The predicted octanol–water partition coefficient (Wildman–Crippen LogP) is 3.70. The third kappa shape index (κ3) is 7.10. The topological polar surface area (TPSA) is 132 Å². The lowest BCUT2D eigenvalue weighted by atomic mass is 10.0. The second kappa shape index (κ2) is 12.8. The zero-order valence-corrected chi connectivity index (χ0v) is 23.3. The number of carboxylic acids is 1. The van der Waals surface area contributed by atoms with E-state index in [1.807, 2.05) is 7.05 Å². The number of carbonyl (C=O) groups excluding carboxylic acids is 1. The SMILES string of the molecule is CNc1cnc(Nc2cc(F)c(C(=O)NC3CCN(C)CC3)cc2OC)nc1N(CC(F)(F)C(=O)O)C1CCCC1. The highest BCUT2D eigenvalue weighted by molar-refractivity contribution is 5.96. The molecule has 41 heavy (non-hydrogen) atoms. The van der Waals surface area contributed by atoms with Gasteiger partial charge in [0.25, 0.3) is 5.91 Å². The summed E-state index contributed by atoms with van der Waals surface area (Å²) in [5, 5.41) is 17.7.